The average Bonchev–Trinajstić information content (AvgIpc) is 2.36. The van der Waals surface area contributed by atoms with Crippen molar-refractivity contribution in [3.63, 3.8) is 0 Å². The van der Waals surface area contributed by atoms with E-state index in [2.05, 4.69) is 21.2 Å². The van der Waals surface area contributed by atoms with Crippen LogP contribution in [0.4, 0.5) is 10.1 Å². The number of amides is 1. The molecule has 2 rings (SSSR count). The molecule has 0 aliphatic heterocycles. The summed E-state index contributed by atoms with van der Waals surface area (Å²) in [5.74, 6) is -0.632. The van der Waals surface area contributed by atoms with Crippen LogP contribution in [0.3, 0.4) is 0 Å². The van der Waals surface area contributed by atoms with E-state index >= 15 is 0 Å². The zero-order valence-electron chi connectivity index (χ0n) is 9.99. The lowest BCUT2D eigenvalue weighted by Gasteiger charge is -2.07. The first-order valence-electron chi connectivity index (χ1n) is 5.64. The Morgan fingerprint density at radius 1 is 1.26 bits per heavy atom. The molecule has 5 heteroatoms. The highest BCUT2D eigenvalue weighted by Crippen LogP contribution is 2.17. The van der Waals surface area contributed by atoms with Gasteiger partial charge in [0.1, 0.15) is 5.82 Å². The Morgan fingerprint density at radius 3 is 2.68 bits per heavy atom. The number of nitrogens with one attached hydrogen (secondary N) is 1. The third-order valence-corrected chi connectivity index (χ3v) is 3.04. The van der Waals surface area contributed by atoms with Gasteiger partial charge in [-0.15, -0.1) is 0 Å². The van der Waals surface area contributed by atoms with Gasteiger partial charge in [-0.1, -0.05) is 34.1 Å². The summed E-state index contributed by atoms with van der Waals surface area (Å²) in [4.78, 5) is 11.9. The Kier molecular flexibility index (Phi) is 4.16. The molecule has 0 radical (unpaired) electrons. The van der Waals surface area contributed by atoms with Gasteiger partial charge in [0.15, 0.2) is 0 Å². The maximum absolute atomic E-state index is 13.4. The first kappa shape index (κ1) is 13.5. The largest absolute Gasteiger partial charge is 0.399 e. The highest BCUT2D eigenvalue weighted by atomic mass is 79.9. The van der Waals surface area contributed by atoms with Crippen LogP contribution >= 0.6 is 15.9 Å². The second-order valence-corrected chi connectivity index (χ2v) is 4.96. The van der Waals surface area contributed by atoms with Gasteiger partial charge in [-0.25, -0.2) is 4.39 Å². The molecule has 0 spiro atoms. The van der Waals surface area contributed by atoms with Crippen molar-refractivity contribution < 1.29 is 9.18 Å². The van der Waals surface area contributed by atoms with Crippen LogP contribution in [0.5, 0.6) is 0 Å². The number of carbonyl (C=O) groups is 1. The molecule has 0 aromatic heterocycles. The van der Waals surface area contributed by atoms with E-state index in [-0.39, 0.29) is 18.3 Å². The van der Waals surface area contributed by atoms with E-state index in [0.29, 0.717) is 16.8 Å². The summed E-state index contributed by atoms with van der Waals surface area (Å²) in [5, 5.41) is 2.66. The fourth-order valence-electron chi connectivity index (χ4n) is 1.66. The van der Waals surface area contributed by atoms with E-state index in [1.165, 1.54) is 6.07 Å². The molecule has 0 aliphatic carbocycles. The topological polar surface area (TPSA) is 55.1 Å². The van der Waals surface area contributed by atoms with Gasteiger partial charge in [-0.2, -0.15) is 0 Å². The van der Waals surface area contributed by atoms with Gasteiger partial charge in [0.05, 0.1) is 0 Å². The minimum Gasteiger partial charge on any atom is -0.399 e. The molecule has 0 aliphatic rings. The van der Waals surface area contributed by atoms with Crippen molar-refractivity contribution in [3.05, 3.63) is 63.9 Å². The van der Waals surface area contributed by atoms with Crippen LogP contribution in [0.15, 0.2) is 46.9 Å². The predicted octanol–water partition coefficient (Wildman–Crippen LogP) is 3.10. The molecule has 0 unspecified atom stereocenters. The maximum Gasteiger partial charge on any atom is 0.251 e. The van der Waals surface area contributed by atoms with E-state index in [9.17, 15) is 9.18 Å². The lowest BCUT2D eigenvalue weighted by atomic mass is 10.1. The number of carbonyl (C=O) groups excluding carboxylic acids is 1. The van der Waals surface area contributed by atoms with Crippen molar-refractivity contribution in [1.29, 1.82) is 0 Å². The Bertz CT molecular complexity index is 596. The van der Waals surface area contributed by atoms with Crippen LogP contribution in [0.1, 0.15) is 15.9 Å². The molecule has 98 valence electrons. The van der Waals surface area contributed by atoms with Gasteiger partial charge in [0.2, 0.25) is 0 Å². The monoisotopic (exact) mass is 322 g/mol. The van der Waals surface area contributed by atoms with Gasteiger partial charge in [0.25, 0.3) is 5.91 Å². The Morgan fingerprint density at radius 2 is 2.00 bits per heavy atom. The van der Waals surface area contributed by atoms with E-state index < -0.39 is 0 Å². The number of hydrogen-bond acceptors (Lipinski definition) is 2. The number of hydrogen-bond donors (Lipinski definition) is 2. The van der Waals surface area contributed by atoms with Crippen LogP contribution in [-0.4, -0.2) is 5.91 Å². The van der Waals surface area contributed by atoms with Gasteiger partial charge in [-0.05, 0) is 24.3 Å². The van der Waals surface area contributed by atoms with Crippen LogP contribution in [-0.2, 0) is 6.54 Å². The first-order valence-corrected chi connectivity index (χ1v) is 6.43. The fourth-order valence-corrected chi connectivity index (χ4v) is 2.17. The molecular formula is C14H12BrFN2O. The van der Waals surface area contributed by atoms with Crippen molar-refractivity contribution in [2.75, 3.05) is 5.73 Å². The highest BCUT2D eigenvalue weighted by Gasteiger charge is 2.08. The minimum atomic E-state index is -0.337. The first-order chi connectivity index (χ1) is 9.06. The average molecular weight is 323 g/mol. The highest BCUT2D eigenvalue weighted by molar-refractivity contribution is 9.10. The molecule has 0 heterocycles. The lowest BCUT2D eigenvalue weighted by molar-refractivity contribution is 0.0950. The minimum absolute atomic E-state index is 0.137. The summed E-state index contributed by atoms with van der Waals surface area (Å²) in [6.45, 7) is 0.137. The smallest absolute Gasteiger partial charge is 0.251 e. The van der Waals surface area contributed by atoms with Crippen molar-refractivity contribution in [2.24, 2.45) is 0 Å². The molecule has 3 N–H and O–H groups in total. The molecule has 0 bridgehead atoms. The second-order valence-electron chi connectivity index (χ2n) is 4.05. The number of nitrogens with two attached hydrogens (primary N) is 1. The molecular weight excluding hydrogens is 311 g/mol. The van der Waals surface area contributed by atoms with Crippen LogP contribution in [0.25, 0.3) is 0 Å². The second kappa shape index (κ2) is 5.84. The summed E-state index contributed by atoms with van der Waals surface area (Å²) >= 11 is 3.27. The van der Waals surface area contributed by atoms with Crippen LogP contribution in [0, 0.1) is 5.82 Å². The third-order valence-electron chi connectivity index (χ3n) is 2.58. The van der Waals surface area contributed by atoms with Crippen molar-refractivity contribution >= 4 is 27.5 Å². The van der Waals surface area contributed by atoms with Crippen LogP contribution in [0.2, 0.25) is 0 Å². The normalized spacial score (nSPS) is 10.2. The SMILES string of the molecule is Nc1cc(Br)cc(C(=O)NCc2ccccc2F)c1. The number of nitrogen functional groups attached to an aromatic ring is 1. The standard InChI is InChI=1S/C14H12BrFN2O/c15-11-5-10(6-12(17)7-11)14(19)18-8-9-3-1-2-4-13(9)16/h1-7H,8,17H2,(H,18,19). The van der Waals surface area contributed by atoms with E-state index in [0.717, 1.165) is 4.47 Å². The van der Waals surface area contributed by atoms with Gasteiger partial charge in [0, 0.05) is 27.8 Å². The van der Waals surface area contributed by atoms with Crippen molar-refractivity contribution in [3.8, 4) is 0 Å². The molecule has 19 heavy (non-hydrogen) atoms. The summed E-state index contributed by atoms with van der Waals surface area (Å²) in [7, 11) is 0. The fraction of sp³-hybridized carbons (Fsp3) is 0.0714. The summed E-state index contributed by atoms with van der Waals surface area (Å²) in [5.41, 5.74) is 7.03. The zero-order chi connectivity index (χ0) is 13.8. The number of benzene rings is 2. The number of halogens is 2. The van der Waals surface area contributed by atoms with E-state index in [1.54, 1.807) is 36.4 Å². The molecule has 0 saturated carbocycles. The quantitative estimate of drug-likeness (QED) is 0.853. The van der Waals surface area contributed by atoms with Crippen molar-refractivity contribution in [2.45, 2.75) is 6.54 Å². The Labute approximate surface area is 118 Å². The summed E-state index contributed by atoms with van der Waals surface area (Å²) in [6.07, 6.45) is 0. The Balaban J connectivity index is 2.08. The zero-order valence-corrected chi connectivity index (χ0v) is 11.6. The molecule has 0 saturated heterocycles. The van der Waals surface area contributed by atoms with Gasteiger partial charge >= 0.3 is 0 Å². The molecule has 2 aromatic rings. The van der Waals surface area contributed by atoms with Crippen LogP contribution < -0.4 is 11.1 Å². The van der Waals surface area contributed by atoms with E-state index in [4.69, 9.17) is 5.73 Å². The summed E-state index contributed by atoms with van der Waals surface area (Å²) in [6, 6.07) is 11.3. The number of anilines is 1. The molecule has 0 atom stereocenters. The van der Waals surface area contributed by atoms with Gasteiger partial charge in [-0.3, -0.25) is 4.79 Å². The third kappa shape index (κ3) is 3.54. The molecule has 1 amide bonds. The number of rotatable bonds is 3. The van der Waals surface area contributed by atoms with Crippen molar-refractivity contribution in [1.82, 2.24) is 5.32 Å². The molecule has 2 aromatic carbocycles. The van der Waals surface area contributed by atoms with E-state index in [1.807, 2.05) is 0 Å². The maximum atomic E-state index is 13.4. The van der Waals surface area contributed by atoms with Gasteiger partial charge < -0.3 is 11.1 Å². The summed E-state index contributed by atoms with van der Waals surface area (Å²) < 4.78 is 14.1. The Hall–Kier alpha value is -1.88. The molecule has 0 fully saturated rings. The predicted molar refractivity (Wildman–Crippen MR) is 76.1 cm³/mol. The lowest BCUT2D eigenvalue weighted by Crippen LogP contribution is -2.23. The molecule has 3 nitrogen and oxygen atoms in total.